The molecule has 2 rings (SSSR count). The van der Waals surface area contributed by atoms with Crippen molar-refractivity contribution in [1.82, 2.24) is 5.32 Å². The van der Waals surface area contributed by atoms with E-state index in [0.717, 1.165) is 6.54 Å². The summed E-state index contributed by atoms with van der Waals surface area (Å²) >= 11 is 3.57. The Balaban J connectivity index is 0.00000128. The lowest BCUT2D eigenvalue weighted by Crippen LogP contribution is -2.23. The van der Waals surface area contributed by atoms with Crippen molar-refractivity contribution in [3.05, 3.63) is 34.3 Å². The highest BCUT2D eigenvalue weighted by Gasteiger charge is 2.39. The molecule has 0 spiro atoms. The van der Waals surface area contributed by atoms with Crippen molar-refractivity contribution in [2.45, 2.75) is 32.7 Å². The van der Waals surface area contributed by atoms with E-state index in [-0.39, 0.29) is 12.4 Å². The molecule has 0 aliphatic heterocycles. The molecule has 16 heavy (non-hydrogen) atoms. The molecule has 1 aromatic carbocycles. The molecular weight excluding hydrogens is 286 g/mol. The molecule has 0 saturated heterocycles. The van der Waals surface area contributed by atoms with Gasteiger partial charge in [0.15, 0.2) is 0 Å². The van der Waals surface area contributed by atoms with Gasteiger partial charge in [-0.15, -0.1) is 12.4 Å². The van der Waals surface area contributed by atoms with Gasteiger partial charge in [-0.05, 0) is 36.3 Å². The molecule has 90 valence electrons. The Kier molecular flexibility index (Phi) is 5.29. The van der Waals surface area contributed by atoms with Crippen molar-refractivity contribution >= 4 is 28.3 Å². The first-order valence-corrected chi connectivity index (χ1v) is 6.49. The summed E-state index contributed by atoms with van der Waals surface area (Å²) in [6.07, 6.45) is 4.13. The molecule has 0 bridgehead atoms. The van der Waals surface area contributed by atoms with Crippen LogP contribution >= 0.6 is 28.3 Å². The molecule has 0 heterocycles. The van der Waals surface area contributed by atoms with Crippen LogP contribution in [-0.2, 0) is 6.54 Å². The highest BCUT2D eigenvalue weighted by atomic mass is 79.9. The number of hydrogen-bond donors (Lipinski definition) is 1. The topological polar surface area (TPSA) is 12.0 Å². The Morgan fingerprint density at radius 1 is 1.31 bits per heavy atom. The molecule has 1 aliphatic carbocycles. The number of hydrogen-bond acceptors (Lipinski definition) is 1. The third kappa shape index (κ3) is 3.47. The Morgan fingerprint density at radius 3 is 2.56 bits per heavy atom. The molecule has 1 aliphatic rings. The zero-order valence-electron chi connectivity index (χ0n) is 9.63. The van der Waals surface area contributed by atoms with Crippen molar-refractivity contribution in [2.24, 2.45) is 5.41 Å². The standard InChI is InChI=1S/C13H18BrN.ClH/c1-2-13(7-8-13)10-15-9-11-5-3-4-6-12(11)14;/h3-6,15H,2,7-10H2,1H3;1H. The van der Waals surface area contributed by atoms with Gasteiger partial charge in [0.25, 0.3) is 0 Å². The lowest BCUT2D eigenvalue weighted by molar-refractivity contribution is 0.443. The number of benzene rings is 1. The summed E-state index contributed by atoms with van der Waals surface area (Å²) in [5, 5.41) is 3.57. The fraction of sp³-hybridized carbons (Fsp3) is 0.538. The maximum Gasteiger partial charge on any atom is 0.0220 e. The molecule has 1 N–H and O–H groups in total. The minimum absolute atomic E-state index is 0. The van der Waals surface area contributed by atoms with Gasteiger partial charge in [-0.25, -0.2) is 0 Å². The second-order valence-electron chi connectivity index (χ2n) is 4.55. The second-order valence-corrected chi connectivity index (χ2v) is 5.40. The summed E-state index contributed by atoms with van der Waals surface area (Å²) in [6.45, 7) is 4.45. The van der Waals surface area contributed by atoms with Crippen LogP contribution in [0.4, 0.5) is 0 Å². The maximum atomic E-state index is 3.57. The maximum absolute atomic E-state index is 3.57. The molecule has 3 heteroatoms. The molecule has 0 aromatic heterocycles. The van der Waals surface area contributed by atoms with Gasteiger partial charge >= 0.3 is 0 Å². The van der Waals surface area contributed by atoms with Crippen LogP contribution in [0.25, 0.3) is 0 Å². The Labute approximate surface area is 113 Å². The third-order valence-corrected chi connectivity index (χ3v) is 4.25. The van der Waals surface area contributed by atoms with E-state index in [1.165, 1.54) is 35.8 Å². The molecule has 1 fully saturated rings. The van der Waals surface area contributed by atoms with Crippen molar-refractivity contribution in [2.75, 3.05) is 6.54 Å². The SMILES string of the molecule is CCC1(CNCc2ccccc2Br)CC1.Cl. The third-order valence-electron chi connectivity index (χ3n) is 3.48. The van der Waals surface area contributed by atoms with Crippen LogP contribution < -0.4 is 5.32 Å². The monoisotopic (exact) mass is 303 g/mol. The normalized spacial score (nSPS) is 16.6. The summed E-state index contributed by atoms with van der Waals surface area (Å²) in [4.78, 5) is 0. The van der Waals surface area contributed by atoms with Crippen LogP contribution in [0.1, 0.15) is 31.7 Å². The Hall–Kier alpha value is -0.0500. The molecule has 1 saturated carbocycles. The van der Waals surface area contributed by atoms with Gasteiger partial charge in [-0.3, -0.25) is 0 Å². The van der Waals surface area contributed by atoms with Gasteiger partial charge in [0.2, 0.25) is 0 Å². The first-order chi connectivity index (χ1) is 7.26. The number of halogens is 2. The molecule has 1 aromatic rings. The zero-order chi connectivity index (χ0) is 10.7. The second kappa shape index (κ2) is 6.04. The smallest absolute Gasteiger partial charge is 0.0220 e. The summed E-state index contributed by atoms with van der Waals surface area (Å²) in [7, 11) is 0. The van der Waals surface area contributed by atoms with Crippen molar-refractivity contribution in [1.29, 1.82) is 0 Å². The van der Waals surface area contributed by atoms with Crippen molar-refractivity contribution in [3.63, 3.8) is 0 Å². The van der Waals surface area contributed by atoms with Crippen LogP contribution in [0.2, 0.25) is 0 Å². The van der Waals surface area contributed by atoms with E-state index in [0.29, 0.717) is 5.41 Å². The predicted octanol–water partition coefficient (Wildman–Crippen LogP) is 4.15. The minimum atomic E-state index is 0. The quantitative estimate of drug-likeness (QED) is 0.861. The van der Waals surface area contributed by atoms with E-state index in [2.05, 4.69) is 52.4 Å². The van der Waals surface area contributed by atoms with E-state index >= 15 is 0 Å². The van der Waals surface area contributed by atoms with Crippen LogP contribution in [0.5, 0.6) is 0 Å². The van der Waals surface area contributed by atoms with E-state index in [4.69, 9.17) is 0 Å². The predicted molar refractivity (Wildman–Crippen MR) is 75.1 cm³/mol. The molecule has 0 atom stereocenters. The lowest BCUT2D eigenvalue weighted by Gasteiger charge is -2.13. The van der Waals surface area contributed by atoms with Crippen molar-refractivity contribution in [3.8, 4) is 0 Å². The highest BCUT2D eigenvalue weighted by Crippen LogP contribution is 2.47. The van der Waals surface area contributed by atoms with E-state index in [9.17, 15) is 0 Å². The van der Waals surface area contributed by atoms with Crippen molar-refractivity contribution < 1.29 is 0 Å². The average Bonchev–Trinajstić information content (AvgIpc) is 3.02. The molecule has 0 unspecified atom stereocenters. The summed E-state index contributed by atoms with van der Waals surface area (Å²) in [6, 6.07) is 8.42. The van der Waals surface area contributed by atoms with Gasteiger partial charge < -0.3 is 5.32 Å². The molecule has 0 radical (unpaired) electrons. The fourth-order valence-electron chi connectivity index (χ4n) is 1.94. The zero-order valence-corrected chi connectivity index (χ0v) is 12.0. The van der Waals surface area contributed by atoms with Gasteiger partial charge in [0.1, 0.15) is 0 Å². The summed E-state index contributed by atoms with van der Waals surface area (Å²) < 4.78 is 1.21. The largest absolute Gasteiger partial charge is 0.312 e. The summed E-state index contributed by atoms with van der Waals surface area (Å²) in [5.74, 6) is 0. The fourth-order valence-corrected chi connectivity index (χ4v) is 2.36. The number of nitrogens with one attached hydrogen (secondary N) is 1. The van der Waals surface area contributed by atoms with Gasteiger partial charge in [0, 0.05) is 17.6 Å². The first kappa shape index (κ1) is 14.0. The van der Waals surface area contributed by atoms with Gasteiger partial charge in [-0.2, -0.15) is 0 Å². The van der Waals surface area contributed by atoms with E-state index in [1.54, 1.807) is 0 Å². The van der Waals surface area contributed by atoms with E-state index < -0.39 is 0 Å². The van der Waals surface area contributed by atoms with Crippen LogP contribution in [0, 0.1) is 5.41 Å². The van der Waals surface area contributed by atoms with Crippen LogP contribution in [-0.4, -0.2) is 6.54 Å². The summed E-state index contributed by atoms with van der Waals surface area (Å²) in [5.41, 5.74) is 1.99. The lowest BCUT2D eigenvalue weighted by atomic mass is 10.0. The molecule has 1 nitrogen and oxygen atoms in total. The average molecular weight is 305 g/mol. The highest BCUT2D eigenvalue weighted by molar-refractivity contribution is 9.10. The number of rotatable bonds is 5. The van der Waals surface area contributed by atoms with Crippen LogP contribution in [0.15, 0.2) is 28.7 Å². The first-order valence-electron chi connectivity index (χ1n) is 5.70. The Bertz CT molecular complexity index is 336. The van der Waals surface area contributed by atoms with Gasteiger partial charge in [0.05, 0.1) is 0 Å². The molecule has 0 amide bonds. The van der Waals surface area contributed by atoms with Gasteiger partial charge in [-0.1, -0.05) is 41.1 Å². The Morgan fingerprint density at radius 2 is 2.00 bits per heavy atom. The van der Waals surface area contributed by atoms with E-state index in [1.807, 2.05) is 0 Å². The van der Waals surface area contributed by atoms with Crippen LogP contribution in [0.3, 0.4) is 0 Å². The molecular formula is C13H19BrClN. The minimum Gasteiger partial charge on any atom is -0.312 e.